The topological polar surface area (TPSA) is 35.5 Å². The molecule has 2 atom stereocenters. The van der Waals surface area contributed by atoms with Crippen LogP contribution in [0.25, 0.3) is 0 Å². The first-order valence-electron chi connectivity index (χ1n) is 7.75. The van der Waals surface area contributed by atoms with Crippen molar-refractivity contribution in [3.63, 3.8) is 0 Å². The molecule has 0 aliphatic carbocycles. The number of benzene rings is 1. The van der Waals surface area contributed by atoms with Crippen LogP contribution in [0.2, 0.25) is 0 Å². The van der Waals surface area contributed by atoms with E-state index in [1.54, 1.807) is 0 Å². The Labute approximate surface area is 140 Å². The molecule has 0 N–H and O–H groups in total. The van der Waals surface area contributed by atoms with Crippen molar-refractivity contribution < 1.29 is 14.3 Å². The quantitative estimate of drug-likeness (QED) is 0.545. The molecule has 4 heteroatoms. The van der Waals surface area contributed by atoms with E-state index < -0.39 is 5.60 Å². The van der Waals surface area contributed by atoms with Gasteiger partial charge in [-0.2, -0.15) is 0 Å². The van der Waals surface area contributed by atoms with Crippen LogP contribution < -0.4 is 0 Å². The fraction of sp³-hybridized carbons (Fsp3) is 0.500. The van der Waals surface area contributed by atoms with Crippen LogP contribution in [0.1, 0.15) is 51.7 Å². The van der Waals surface area contributed by atoms with Gasteiger partial charge in [0.1, 0.15) is 0 Å². The van der Waals surface area contributed by atoms with Crippen LogP contribution in [0.5, 0.6) is 0 Å². The van der Waals surface area contributed by atoms with E-state index >= 15 is 0 Å². The lowest BCUT2D eigenvalue weighted by Crippen LogP contribution is -2.37. The van der Waals surface area contributed by atoms with Crippen LogP contribution in [-0.4, -0.2) is 18.2 Å². The van der Waals surface area contributed by atoms with Crippen LogP contribution >= 0.6 is 15.9 Å². The predicted octanol–water partition coefficient (Wildman–Crippen LogP) is 4.96. The third-order valence-electron chi connectivity index (χ3n) is 3.98. The van der Waals surface area contributed by atoms with Crippen molar-refractivity contribution >= 4 is 21.9 Å². The average molecular weight is 367 g/mol. The number of halogens is 1. The molecule has 0 saturated carbocycles. The van der Waals surface area contributed by atoms with Crippen LogP contribution in [-0.2, 0) is 14.3 Å². The monoisotopic (exact) mass is 366 g/mol. The van der Waals surface area contributed by atoms with Crippen LogP contribution in [0.15, 0.2) is 40.4 Å². The Morgan fingerprint density at radius 2 is 2.05 bits per heavy atom. The van der Waals surface area contributed by atoms with Gasteiger partial charge in [-0.3, -0.25) is 4.79 Å². The molecule has 0 aromatic heterocycles. The van der Waals surface area contributed by atoms with Gasteiger partial charge in [0.2, 0.25) is 0 Å². The average Bonchev–Trinajstić information content (AvgIpc) is 2.47. The lowest BCUT2D eigenvalue weighted by Gasteiger charge is -2.38. The molecule has 1 heterocycles. The molecule has 0 fully saturated rings. The van der Waals surface area contributed by atoms with Gasteiger partial charge in [-0.25, -0.2) is 0 Å². The molecule has 0 amide bonds. The van der Waals surface area contributed by atoms with Crippen molar-refractivity contribution in [3.8, 4) is 0 Å². The van der Waals surface area contributed by atoms with Crippen molar-refractivity contribution in [3.05, 3.63) is 46.0 Å². The van der Waals surface area contributed by atoms with E-state index in [2.05, 4.69) is 41.1 Å². The highest BCUT2D eigenvalue weighted by molar-refractivity contribution is 9.10. The summed E-state index contributed by atoms with van der Waals surface area (Å²) in [4.78, 5) is 11.9. The third-order valence-corrected chi connectivity index (χ3v) is 4.51. The second-order valence-corrected chi connectivity index (χ2v) is 6.67. The molecule has 2 rings (SSSR count). The molecule has 22 heavy (non-hydrogen) atoms. The first kappa shape index (κ1) is 17.2. The maximum atomic E-state index is 11.9. The molecule has 0 unspecified atom stereocenters. The van der Waals surface area contributed by atoms with Crippen molar-refractivity contribution in [1.82, 2.24) is 0 Å². The van der Waals surface area contributed by atoms with Crippen LogP contribution in [0.4, 0.5) is 0 Å². The molecule has 0 saturated heterocycles. The Balaban J connectivity index is 2.22. The van der Waals surface area contributed by atoms with Crippen molar-refractivity contribution in [1.29, 1.82) is 0 Å². The molecule has 0 radical (unpaired) electrons. The smallest absolute Gasteiger partial charge is 0.309 e. The molecular weight excluding hydrogens is 344 g/mol. The molecule has 1 aliphatic heterocycles. The molecule has 120 valence electrons. The Bertz CT molecular complexity index is 550. The van der Waals surface area contributed by atoms with Crippen LogP contribution in [0, 0.1) is 0 Å². The third kappa shape index (κ3) is 4.20. The van der Waals surface area contributed by atoms with Gasteiger partial charge in [-0.15, -0.1) is 0 Å². The van der Waals surface area contributed by atoms with Gasteiger partial charge in [-0.05, 0) is 44.4 Å². The molecule has 3 nitrogen and oxygen atoms in total. The van der Waals surface area contributed by atoms with E-state index in [-0.39, 0.29) is 18.5 Å². The lowest BCUT2D eigenvalue weighted by atomic mass is 9.87. The number of carbonyl (C=O) groups excluding carboxylic acids is 1. The zero-order chi connectivity index (χ0) is 16.2. The Hall–Kier alpha value is -1.13. The minimum atomic E-state index is -0.563. The van der Waals surface area contributed by atoms with E-state index in [0.29, 0.717) is 6.61 Å². The second-order valence-electron chi connectivity index (χ2n) is 5.75. The Kier molecular flexibility index (Phi) is 5.81. The van der Waals surface area contributed by atoms with Gasteiger partial charge in [0.05, 0.1) is 24.7 Å². The number of carbonyl (C=O) groups is 1. The minimum absolute atomic E-state index is 0.0209. The Morgan fingerprint density at radius 3 is 2.64 bits per heavy atom. The summed E-state index contributed by atoms with van der Waals surface area (Å²) in [7, 11) is 0. The first-order chi connectivity index (χ1) is 10.5. The summed E-state index contributed by atoms with van der Waals surface area (Å²) in [5.41, 5.74) is 1.83. The maximum Gasteiger partial charge on any atom is 0.309 e. The zero-order valence-electron chi connectivity index (χ0n) is 13.4. The molecule has 0 bridgehead atoms. The highest BCUT2D eigenvalue weighted by Gasteiger charge is 2.37. The molecule has 1 aliphatic rings. The molecule has 0 spiro atoms. The standard InChI is InChI=1S/C18H23BrO3/c1-4-18(12-17(20)21-5-2)11-13(3)10-16(22-18)14-6-8-15(19)9-7-14/h6-9,11,16H,4-5,10,12H2,1-3H3/t16-,18+/m1/s1. The summed E-state index contributed by atoms with van der Waals surface area (Å²) in [6, 6.07) is 8.17. The normalized spacial score (nSPS) is 24.7. The molecule has 1 aromatic carbocycles. The van der Waals surface area contributed by atoms with E-state index in [1.165, 1.54) is 5.57 Å². The van der Waals surface area contributed by atoms with Gasteiger partial charge in [-0.1, -0.05) is 46.6 Å². The zero-order valence-corrected chi connectivity index (χ0v) is 15.0. The maximum absolute atomic E-state index is 11.9. The summed E-state index contributed by atoms with van der Waals surface area (Å²) in [5, 5.41) is 0. The fourth-order valence-corrected chi connectivity index (χ4v) is 3.15. The molecule has 1 aromatic rings. The van der Waals surface area contributed by atoms with Gasteiger partial charge in [0, 0.05) is 4.47 Å². The number of hydrogen-bond donors (Lipinski definition) is 0. The van der Waals surface area contributed by atoms with E-state index in [4.69, 9.17) is 9.47 Å². The number of esters is 1. The van der Waals surface area contributed by atoms with E-state index in [9.17, 15) is 4.79 Å². The number of rotatable bonds is 5. The first-order valence-corrected chi connectivity index (χ1v) is 8.54. The van der Waals surface area contributed by atoms with Gasteiger partial charge < -0.3 is 9.47 Å². The van der Waals surface area contributed by atoms with E-state index in [1.807, 2.05) is 26.0 Å². The van der Waals surface area contributed by atoms with E-state index in [0.717, 1.165) is 22.9 Å². The van der Waals surface area contributed by atoms with Crippen molar-refractivity contribution in [2.75, 3.05) is 6.61 Å². The fourth-order valence-electron chi connectivity index (χ4n) is 2.88. The summed E-state index contributed by atoms with van der Waals surface area (Å²) in [5.74, 6) is -0.204. The van der Waals surface area contributed by atoms with Crippen LogP contribution in [0.3, 0.4) is 0 Å². The Morgan fingerprint density at radius 1 is 1.36 bits per heavy atom. The summed E-state index contributed by atoms with van der Waals surface area (Å²) < 4.78 is 12.5. The number of hydrogen-bond acceptors (Lipinski definition) is 3. The predicted molar refractivity (Wildman–Crippen MR) is 90.6 cm³/mol. The van der Waals surface area contributed by atoms with Gasteiger partial charge in [0.15, 0.2) is 0 Å². The summed E-state index contributed by atoms with van der Waals surface area (Å²) in [6.07, 6.45) is 3.94. The highest BCUT2D eigenvalue weighted by Crippen LogP contribution is 2.40. The van der Waals surface area contributed by atoms with Crippen molar-refractivity contribution in [2.24, 2.45) is 0 Å². The highest BCUT2D eigenvalue weighted by atomic mass is 79.9. The second kappa shape index (κ2) is 7.42. The lowest BCUT2D eigenvalue weighted by molar-refractivity contribution is -0.153. The van der Waals surface area contributed by atoms with Gasteiger partial charge in [0.25, 0.3) is 0 Å². The molecular formula is C18H23BrO3. The number of ether oxygens (including phenoxy) is 2. The van der Waals surface area contributed by atoms with Crippen molar-refractivity contribution in [2.45, 2.75) is 51.7 Å². The summed E-state index contributed by atoms with van der Waals surface area (Å²) >= 11 is 3.45. The largest absolute Gasteiger partial charge is 0.466 e. The van der Waals surface area contributed by atoms with Gasteiger partial charge >= 0.3 is 5.97 Å². The minimum Gasteiger partial charge on any atom is -0.466 e. The SMILES string of the molecule is CCOC(=O)C[C@]1(CC)C=C(C)C[C@H](c2ccc(Br)cc2)O1. The summed E-state index contributed by atoms with van der Waals surface area (Å²) in [6.45, 7) is 6.37.